The van der Waals surface area contributed by atoms with Crippen LogP contribution in [0.5, 0.6) is 0 Å². The highest BCUT2D eigenvalue weighted by Crippen LogP contribution is 2.34. The third-order valence-electron chi connectivity index (χ3n) is 3.47. The number of benzene rings is 2. The molecule has 4 rings (SSSR count). The molecule has 0 fully saturated rings. The highest BCUT2D eigenvalue weighted by atomic mass is 16.3. The third kappa shape index (κ3) is 1.63. The molecule has 3 heteroatoms. The van der Waals surface area contributed by atoms with Crippen LogP contribution in [0.2, 0.25) is 0 Å². The Labute approximate surface area is 117 Å². The largest absolute Gasteiger partial charge is 0.455 e. The number of pyridine rings is 1. The first kappa shape index (κ1) is 11.3. The lowest BCUT2D eigenvalue weighted by molar-refractivity contribution is 0.670. The van der Waals surface area contributed by atoms with Gasteiger partial charge in [0.15, 0.2) is 0 Å². The number of nitrogens with zero attached hydrogens (tertiary/aromatic N) is 1. The van der Waals surface area contributed by atoms with E-state index in [9.17, 15) is 0 Å². The van der Waals surface area contributed by atoms with Crippen molar-refractivity contribution in [2.24, 2.45) is 0 Å². The van der Waals surface area contributed by atoms with Gasteiger partial charge in [0.05, 0.1) is 5.69 Å². The van der Waals surface area contributed by atoms with Crippen molar-refractivity contribution in [3.63, 3.8) is 0 Å². The van der Waals surface area contributed by atoms with E-state index in [1.54, 1.807) is 6.20 Å². The number of rotatable bonds is 1. The summed E-state index contributed by atoms with van der Waals surface area (Å²) in [6.45, 7) is 0. The van der Waals surface area contributed by atoms with Gasteiger partial charge in [-0.15, -0.1) is 0 Å². The summed E-state index contributed by atoms with van der Waals surface area (Å²) in [6.07, 6.45) is 1.66. The molecule has 0 spiro atoms. The summed E-state index contributed by atoms with van der Waals surface area (Å²) in [7, 11) is 5.69. The van der Waals surface area contributed by atoms with Crippen LogP contribution in [0.1, 0.15) is 0 Å². The zero-order valence-electron chi connectivity index (χ0n) is 10.7. The standard InChI is InChI=1S/C17H10BNO/c18-11-8-9-15(19-10-11)14-6-3-5-13-12-4-1-2-7-16(12)20-17(13)14/h1-10H. The fourth-order valence-corrected chi connectivity index (χ4v) is 2.51. The lowest BCUT2D eigenvalue weighted by Gasteiger charge is -2.02. The summed E-state index contributed by atoms with van der Waals surface area (Å²) in [5.74, 6) is 0. The maximum atomic E-state index is 6.00. The Kier molecular flexibility index (Phi) is 2.39. The molecule has 4 aromatic rings. The Balaban J connectivity index is 2.07. The lowest BCUT2D eigenvalue weighted by atomic mass is 9.97. The summed E-state index contributed by atoms with van der Waals surface area (Å²) in [4.78, 5) is 4.38. The van der Waals surface area contributed by atoms with Crippen LogP contribution >= 0.6 is 0 Å². The van der Waals surface area contributed by atoms with Gasteiger partial charge in [-0.2, -0.15) is 0 Å². The van der Waals surface area contributed by atoms with Gasteiger partial charge in [-0.3, -0.25) is 4.98 Å². The maximum Gasteiger partial charge on any atom is 0.144 e. The van der Waals surface area contributed by atoms with E-state index in [1.165, 1.54) is 0 Å². The Hall–Kier alpha value is -2.55. The van der Waals surface area contributed by atoms with Crippen LogP contribution in [0.4, 0.5) is 0 Å². The van der Waals surface area contributed by atoms with Crippen molar-refractivity contribution in [2.45, 2.75) is 0 Å². The van der Waals surface area contributed by atoms with Gasteiger partial charge in [0.2, 0.25) is 0 Å². The van der Waals surface area contributed by atoms with Crippen molar-refractivity contribution in [3.8, 4) is 11.3 Å². The Morgan fingerprint density at radius 2 is 1.70 bits per heavy atom. The summed E-state index contributed by atoms with van der Waals surface area (Å²) in [5, 5.41) is 2.23. The van der Waals surface area contributed by atoms with E-state index in [0.29, 0.717) is 5.46 Å². The molecule has 0 saturated heterocycles. The first-order chi connectivity index (χ1) is 9.83. The molecule has 0 amide bonds. The van der Waals surface area contributed by atoms with E-state index in [4.69, 9.17) is 12.3 Å². The van der Waals surface area contributed by atoms with Crippen LogP contribution in [0.15, 0.2) is 65.2 Å². The van der Waals surface area contributed by atoms with E-state index < -0.39 is 0 Å². The van der Waals surface area contributed by atoms with E-state index >= 15 is 0 Å². The normalized spacial score (nSPS) is 11.2. The van der Waals surface area contributed by atoms with Crippen molar-refractivity contribution in [1.29, 1.82) is 0 Å². The van der Waals surface area contributed by atoms with E-state index in [2.05, 4.69) is 17.1 Å². The number of fused-ring (bicyclic) bond motifs is 3. The van der Waals surface area contributed by atoms with Gasteiger partial charge in [0.25, 0.3) is 0 Å². The molecule has 20 heavy (non-hydrogen) atoms. The van der Waals surface area contributed by atoms with Crippen LogP contribution in [-0.2, 0) is 0 Å². The molecule has 0 aliphatic rings. The van der Waals surface area contributed by atoms with Gasteiger partial charge in [0, 0.05) is 22.5 Å². The second kappa shape index (κ2) is 4.24. The number of hydrogen-bond acceptors (Lipinski definition) is 2. The minimum absolute atomic E-state index is 0.658. The van der Waals surface area contributed by atoms with E-state index in [1.807, 2.05) is 42.5 Å². The molecule has 2 aromatic carbocycles. The summed E-state index contributed by atoms with van der Waals surface area (Å²) < 4.78 is 6.00. The first-order valence-electron chi connectivity index (χ1n) is 6.45. The van der Waals surface area contributed by atoms with Gasteiger partial charge < -0.3 is 4.42 Å². The molecule has 0 N–H and O–H groups in total. The highest BCUT2D eigenvalue weighted by Gasteiger charge is 2.11. The summed E-state index contributed by atoms with van der Waals surface area (Å²) in [6, 6.07) is 17.9. The minimum Gasteiger partial charge on any atom is -0.455 e. The van der Waals surface area contributed by atoms with E-state index in [0.717, 1.165) is 33.2 Å². The van der Waals surface area contributed by atoms with Gasteiger partial charge in [0.1, 0.15) is 19.0 Å². The SMILES string of the molecule is [B]c1ccc(-c2cccc3c2oc2ccccc23)nc1. The number of para-hydroxylation sites is 2. The molecule has 0 aliphatic carbocycles. The monoisotopic (exact) mass is 255 g/mol. The number of aromatic nitrogens is 1. The molecule has 92 valence electrons. The van der Waals surface area contributed by atoms with Crippen molar-refractivity contribution in [2.75, 3.05) is 0 Å². The van der Waals surface area contributed by atoms with Gasteiger partial charge in [-0.25, -0.2) is 0 Å². The quantitative estimate of drug-likeness (QED) is 0.487. The molecule has 2 nitrogen and oxygen atoms in total. The molecule has 0 atom stereocenters. The van der Waals surface area contributed by atoms with Crippen molar-refractivity contribution in [3.05, 3.63) is 60.8 Å². The molecule has 2 heterocycles. The predicted molar refractivity (Wildman–Crippen MR) is 82.3 cm³/mol. The highest BCUT2D eigenvalue weighted by molar-refractivity contribution is 6.32. The van der Waals surface area contributed by atoms with Crippen molar-refractivity contribution in [1.82, 2.24) is 4.98 Å². The minimum atomic E-state index is 0.658. The zero-order chi connectivity index (χ0) is 13.5. The fraction of sp³-hybridized carbons (Fsp3) is 0. The fourth-order valence-electron chi connectivity index (χ4n) is 2.51. The smallest absolute Gasteiger partial charge is 0.144 e. The lowest BCUT2D eigenvalue weighted by Crippen LogP contribution is -2.02. The number of furan rings is 1. The Morgan fingerprint density at radius 3 is 2.55 bits per heavy atom. The van der Waals surface area contributed by atoms with Crippen LogP contribution in [0.3, 0.4) is 0 Å². The Morgan fingerprint density at radius 1 is 0.850 bits per heavy atom. The van der Waals surface area contributed by atoms with Gasteiger partial charge in [-0.05, 0) is 18.2 Å². The topological polar surface area (TPSA) is 26.0 Å². The second-order valence-electron chi connectivity index (χ2n) is 4.76. The average molecular weight is 255 g/mol. The van der Waals surface area contributed by atoms with Gasteiger partial charge in [-0.1, -0.05) is 41.9 Å². The first-order valence-corrected chi connectivity index (χ1v) is 6.45. The maximum absolute atomic E-state index is 6.00. The molecule has 0 saturated carbocycles. The summed E-state index contributed by atoms with van der Waals surface area (Å²) >= 11 is 0. The van der Waals surface area contributed by atoms with Gasteiger partial charge >= 0.3 is 0 Å². The molecule has 0 unspecified atom stereocenters. The van der Waals surface area contributed by atoms with E-state index in [-0.39, 0.29) is 0 Å². The molecule has 2 aromatic heterocycles. The van der Waals surface area contributed by atoms with Crippen LogP contribution in [0, 0.1) is 0 Å². The molecular formula is C17H10BNO. The average Bonchev–Trinajstić information content (AvgIpc) is 2.87. The van der Waals surface area contributed by atoms with Crippen LogP contribution in [-0.4, -0.2) is 12.8 Å². The predicted octanol–water partition coefficient (Wildman–Crippen LogP) is 3.44. The second-order valence-corrected chi connectivity index (χ2v) is 4.76. The molecule has 2 radical (unpaired) electrons. The molecule has 0 aliphatic heterocycles. The summed E-state index contributed by atoms with van der Waals surface area (Å²) in [5.41, 5.74) is 4.27. The third-order valence-corrected chi connectivity index (χ3v) is 3.47. The Bertz CT molecular complexity index is 909. The van der Waals surface area contributed by atoms with Crippen molar-refractivity contribution < 1.29 is 4.42 Å². The molecule has 0 bridgehead atoms. The van der Waals surface area contributed by atoms with Crippen LogP contribution < -0.4 is 5.46 Å². The van der Waals surface area contributed by atoms with Crippen LogP contribution in [0.25, 0.3) is 33.2 Å². The zero-order valence-corrected chi connectivity index (χ0v) is 10.7. The van der Waals surface area contributed by atoms with Crippen molar-refractivity contribution >= 4 is 35.2 Å². The number of hydrogen-bond donors (Lipinski definition) is 0. The molecular weight excluding hydrogens is 245 g/mol.